The number of carboxylic acid groups (broad SMARTS) is 1. The molecule has 10 N–H and O–H groups in total. The van der Waals surface area contributed by atoms with Crippen LogP contribution < -0.4 is 27.4 Å². The van der Waals surface area contributed by atoms with Gasteiger partial charge in [0.15, 0.2) is 6.04 Å². The zero-order valence-electron chi connectivity index (χ0n) is 20.0. The SMILES string of the molecule is CC(N)C(=O)NC(Cc1c[nH]c2ccccc12)C(=O)NC(CCC(N)=O)C(=O)NC(C(=O)O)C(C)O. The highest BCUT2D eigenvalue weighted by Gasteiger charge is 2.32. The molecular weight excluding hydrogens is 472 g/mol. The van der Waals surface area contributed by atoms with Crippen molar-refractivity contribution >= 4 is 40.5 Å². The molecule has 0 aliphatic rings. The Morgan fingerprint density at radius 2 is 1.58 bits per heavy atom. The first-order valence-electron chi connectivity index (χ1n) is 11.3. The van der Waals surface area contributed by atoms with Gasteiger partial charge in [0.1, 0.15) is 12.1 Å². The Bertz CT molecular complexity index is 1110. The molecule has 0 aliphatic heterocycles. The van der Waals surface area contributed by atoms with Crippen molar-refractivity contribution in [3.63, 3.8) is 0 Å². The van der Waals surface area contributed by atoms with E-state index < -0.39 is 59.9 Å². The standard InChI is InChI=1S/C23H32N6O7/c1-11(24)20(32)28-17(9-13-10-26-15-6-4-3-5-14(13)15)22(34)27-16(7-8-18(25)31)21(33)29-19(12(2)30)23(35)36/h3-6,10-12,16-17,19,26,30H,7-9,24H2,1-2H3,(H2,25,31)(H,27,34)(H,28,32)(H,29,33)(H,35,36). The molecule has 0 radical (unpaired) electrons. The third-order valence-electron chi connectivity index (χ3n) is 5.50. The molecular formula is C23H32N6O7. The minimum absolute atomic E-state index is 0.0455. The maximum Gasteiger partial charge on any atom is 0.328 e. The van der Waals surface area contributed by atoms with E-state index >= 15 is 0 Å². The number of carbonyl (C=O) groups excluding carboxylic acids is 4. The lowest BCUT2D eigenvalue weighted by Crippen LogP contribution is -2.58. The van der Waals surface area contributed by atoms with Gasteiger partial charge >= 0.3 is 5.97 Å². The number of nitrogens with one attached hydrogen (secondary N) is 4. The Labute approximate surface area is 207 Å². The molecule has 36 heavy (non-hydrogen) atoms. The number of para-hydroxylation sites is 1. The summed E-state index contributed by atoms with van der Waals surface area (Å²) in [6.07, 6.45) is -0.215. The normalized spacial score (nSPS) is 15.2. The molecule has 5 unspecified atom stereocenters. The van der Waals surface area contributed by atoms with Gasteiger partial charge in [-0.2, -0.15) is 0 Å². The van der Waals surface area contributed by atoms with Gasteiger partial charge in [0.25, 0.3) is 0 Å². The number of primary amides is 1. The zero-order valence-corrected chi connectivity index (χ0v) is 20.0. The van der Waals surface area contributed by atoms with E-state index in [-0.39, 0.29) is 19.3 Å². The molecule has 0 bridgehead atoms. The van der Waals surface area contributed by atoms with E-state index in [2.05, 4.69) is 20.9 Å². The van der Waals surface area contributed by atoms with E-state index in [0.717, 1.165) is 10.9 Å². The molecule has 1 heterocycles. The second-order valence-corrected chi connectivity index (χ2v) is 8.54. The van der Waals surface area contributed by atoms with Crippen LogP contribution in [-0.4, -0.2) is 75.1 Å². The number of benzene rings is 1. The number of aliphatic carboxylic acids is 1. The molecule has 0 aliphatic carbocycles. The van der Waals surface area contributed by atoms with Crippen LogP contribution in [0.25, 0.3) is 10.9 Å². The molecule has 196 valence electrons. The van der Waals surface area contributed by atoms with Crippen LogP contribution in [-0.2, 0) is 30.4 Å². The maximum atomic E-state index is 13.2. The number of carboxylic acids is 1. The van der Waals surface area contributed by atoms with Crippen molar-refractivity contribution in [2.75, 3.05) is 0 Å². The van der Waals surface area contributed by atoms with Crippen molar-refractivity contribution in [2.24, 2.45) is 11.5 Å². The lowest BCUT2D eigenvalue weighted by Gasteiger charge is -2.25. The lowest BCUT2D eigenvalue weighted by atomic mass is 10.0. The topological polar surface area (TPSA) is 230 Å². The summed E-state index contributed by atoms with van der Waals surface area (Å²) in [7, 11) is 0. The molecule has 0 spiro atoms. The largest absolute Gasteiger partial charge is 0.480 e. The molecule has 4 amide bonds. The van der Waals surface area contributed by atoms with Gasteiger partial charge in [-0.15, -0.1) is 0 Å². The van der Waals surface area contributed by atoms with Crippen molar-refractivity contribution in [1.29, 1.82) is 0 Å². The smallest absolute Gasteiger partial charge is 0.328 e. The summed E-state index contributed by atoms with van der Waals surface area (Å²) in [4.78, 5) is 64.1. The minimum Gasteiger partial charge on any atom is -0.480 e. The second kappa shape index (κ2) is 12.7. The van der Waals surface area contributed by atoms with Gasteiger partial charge in [-0.05, 0) is 31.9 Å². The fraction of sp³-hybridized carbons (Fsp3) is 0.435. The average Bonchev–Trinajstić information content (AvgIpc) is 3.21. The number of hydrogen-bond acceptors (Lipinski definition) is 7. The third kappa shape index (κ3) is 7.78. The summed E-state index contributed by atoms with van der Waals surface area (Å²) in [5, 5.41) is 26.9. The van der Waals surface area contributed by atoms with Gasteiger partial charge < -0.3 is 42.6 Å². The third-order valence-corrected chi connectivity index (χ3v) is 5.50. The number of carbonyl (C=O) groups is 5. The molecule has 0 saturated heterocycles. The Morgan fingerprint density at radius 1 is 0.972 bits per heavy atom. The zero-order chi connectivity index (χ0) is 27.0. The maximum absolute atomic E-state index is 13.2. The molecule has 13 nitrogen and oxygen atoms in total. The first-order valence-corrected chi connectivity index (χ1v) is 11.3. The summed E-state index contributed by atoms with van der Waals surface area (Å²) < 4.78 is 0. The van der Waals surface area contributed by atoms with E-state index in [4.69, 9.17) is 11.5 Å². The number of fused-ring (bicyclic) bond motifs is 1. The molecule has 5 atom stereocenters. The molecule has 2 aromatic rings. The number of aromatic nitrogens is 1. The number of aromatic amines is 1. The van der Waals surface area contributed by atoms with Crippen LogP contribution in [0.3, 0.4) is 0 Å². The van der Waals surface area contributed by atoms with Crippen LogP contribution in [0, 0.1) is 0 Å². The Kier molecular flexibility index (Phi) is 9.93. The van der Waals surface area contributed by atoms with Gasteiger partial charge in [0.2, 0.25) is 23.6 Å². The molecule has 1 aromatic heterocycles. The fourth-order valence-electron chi connectivity index (χ4n) is 3.50. The van der Waals surface area contributed by atoms with E-state index in [9.17, 15) is 34.2 Å². The first-order chi connectivity index (χ1) is 16.9. The van der Waals surface area contributed by atoms with Crippen molar-refractivity contribution in [3.05, 3.63) is 36.0 Å². The Balaban J connectivity index is 2.29. The molecule has 2 rings (SSSR count). The van der Waals surface area contributed by atoms with Crippen LogP contribution in [0.15, 0.2) is 30.5 Å². The number of nitrogens with two attached hydrogens (primary N) is 2. The van der Waals surface area contributed by atoms with Gasteiger partial charge in [0, 0.05) is 29.9 Å². The van der Waals surface area contributed by atoms with Gasteiger partial charge in [-0.1, -0.05) is 18.2 Å². The summed E-state index contributed by atoms with van der Waals surface area (Å²) in [5.74, 6) is -4.54. The molecule has 0 saturated carbocycles. The van der Waals surface area contributed by atoms with Crippen LogP contribution in [0.5, 0.6) is 0 Å². The van der Waals surface area contributed by atoms with Crippen LogP contribution in [0.2, 0.25) is 0 Å². The van der Waals surface area contributed by atoms with Crippen molar-refractivity contribution in [2.45, 2.75) is 63.4 Å². The number of H-pyrrole nitrogens is 1. The first kappa shape index (κ1) is 28.3. The number of amides is 4. The quantitative estimate of drug-likeness (QED) is 0.155. The van der Waals surface area contributed by atoms with Crippen molar-refractivity contribution in [3.8, 4) is 0 Å². The van der Waals surface area contributed by atoms with Crippen LogP contribution in [0.1, 0.15) is 32.3 Å². The Morgan fingerprint density at radius 3 is 2.17 bits per heavy atom. The number of aliphatic hydroxyl groups is 1. The summed E-state index contributed by atoms with van der Waals surface area (Å²) in [6, 6.07) is 2.26. The summed E-state index contributed by atoms with van der Waals surface area (Å²) in [6.45, 7) is 2.62. The Hall–Kier alpha value is -3.97. The van der Waals surface area contributed by atoms with Gasteiger partial charge in [-0.3, -0.25) is 19.2 Å². The number of hydrogen-bond donors (Lipinski definition) is 8. The predicted molar refractivity (Wildman–Crippen MR) is 129 cm³/mol. The number of aliphatic hydroxyl groups excluding tert-OH is 1. The minimum atomic E-state index is -1.65. The molecule has 1 aromatic carbocycles. The van der Waals surface area contributed by atoms with Crippen LogP contribution >= 0.6 is 0 Å². The summed E-state index contributed by atoms with van der Waals surface area (Å²) in [5.41, 5.74) is 12.4. The lowest BCUT2D eigenvalue weighted by molar-refractivity contribution is -0.145. The average molecular weight is 505 g/mol. The van der Waals surface area contributed by atoms with Gasteiger partial charge in [-0.25, -0.2) is 4.79 Å². The highest BCUT2D eigenvalue weighted by Crippen LogP contribution is 2.19. The second-order valence-electron chi connectivity index (χ2n) is 8.54. The highest BCUT2D eigenvalue weighted by atomic mass is 16.4. The van der Waals surface area contributed by atoms with E-state index in [1.54, 1.807) is 6.20 Å². The molecule has 0 fully saturated rings. The van der Waals surface area contributed by atoms with Gasteiger partial charge in [0.05, 0.1) is 12.1 Å². The van der Waals surface area contributed by atoms with E-state index in [0.29, 0.717) is 5.56 Å². The number of rotatable bonds is 13. The van der Waals surface area contributed by atoms with E-state index in [1.807, 2.05) is 24.3 Å². The highest BCUT2D eigenvalue weighted by molar-refractivity contribution is 5.95. The predicted octanol–water partition coefficient (Wildman–Crippen LogP) is -1.76. The fourth-order valence-corrected chi connectivity index (χ4v) is 3.50. The monoisotopic (exact) mass is 504 g/mol. The van der Waals surface area contributed by atoms with Crippen LogP contribution in [0.4, 0.5) is 0 Å². The van der Waals surface area contributed by atoms with Crippen molar-refractivity contribution < 1.29 is 34.2 Å². The van der Waals surface area contributed by atoms with Crippen molar-refractivity contribution in [1.82, 2.24) is 20.9 Å². The van der Waals surface area contributed by atoms with E-state index in [1.165, 1.54) is 13.8 Å². The molecule has 13 heteroatoms. The summed E-state index contributed by atoms with van der Waals surface area (Å²) >= 11 is 0.